The second kappa shape index (κ2) is 10.9. The van der Waals surface area contributed by atoms with Gasteiger partial charge in [-0.1, -0.05) is 0 Å². The van der Waals surface area contributed by atoms with Crippen LogP contribution in [0.15, 0.2) is 42.5 Å². The van der Waals surface area contributed by atoms with Gasteiger partial charge in [-0.3, -0.25) is 0 Å². The van der Waals surface area contributed by atoms with Gasteiger partial charge in [0.25, 0.3) is 0 Å². The fraction of sp³-hybridized carbons (Fsp3) is 0.514. The van der Waals surface area contributed by atoms with Crippen LogP contribution in [0.2, 0.25) is 3.63 Å². The maximum absolute atomic E-state index is 5.04. The molecular formula is C35H48Cl2Zr. The van der Waals surface area contributed by atoms with Crippen LogP contribution in [0, 0.1) is 0 Å². The predicted molar refractivity (Wildman–Crippen MR) is 158 cm³/mol. The number of benzene rings is 2. The molecule has 0 amide bonds. The van der Waals surface area contributed by atoms with E-state index in [4.69, 9.17) is 4.21 Å². The smallest absolute Gasteiger partial charge is 1.00 e. The first-order chi connectivity index (χ1) is 16.3. The summed E-state index contributed by atoms with van der Waals surface area (Å²) in [6.45, 7) is 28.7. The van der Waals surface area contributed by atoms with E-state index in [9.17, 15) is 0 Å². The Morgan fingerprint density at radius 1 is 0.632 bits per heavy atom. The van der Waals surface area contributed by atoms with Crippen LogP contribution in [-0.4, -0.2) is 4.21 Å². The standard InChI is InChI=1S/C29H41.C5H5.CH2.2ClH.Zr/c1-26(2,3)22-14-18-13-19-15-23(27(4,5)6)25(29(10,11)12)17-21(19)20(18)16-24(22)28(7,8)9;1-2-4-5-3-1;;;;/h14,16-17H,13H2,1-12H3;1-5H;1H2;2*1H;/q;;;;;+2/p-2. The molecule has 2 aromatic carbocycles. The second-order valence-corrected chi connectivity index (χ2v) is 20.7. The van der Waals surface area contributed by atoms with E-state index in [0.29, 0.717) is 3.63 Å². The summed E-state index contributed by atoms with van der Waals surface area (Å²) >= 11 is -2.27. The predicted octanol–water partition coefficient (Wildman–Crippen LogP) is 3.05. The fourth-order valence-corrected chi connectivity index (χ4v) is 12.2. The maximum atomic E-state index is 5.04. The van der Waals surface area contributed by atoms with Crippen molar-refractivity contribution in [2.75, 3.05) is 0 Å². The quantitative estimate of drug-likeness (QED) is 0.409. The van der Waals surface area contributed by atoms with Crippen LogP contribution in [0.25, 0.3) is 11.1 Å². The molecule has 2 aliphatic rings. The number of allylic oxidation sites excluding steroid dienone is 4. The molecule has 0 N–H and O–H groups in total. The molecule has 206 valence electrons. The average molecular weight is 631 g/mol. The summed E-state index contributed by atoms with van der Waals surface area (Å²) < 4.78 is 7.28. The summed E-state index contributed by atoms with van der Waals surface area (Å²) in [6, 6.07) is 7.72. The Labute approximate surface area is 253 Å². The van der Waals surface area contributed by atoms with E-state index < -0.39 is 21.3 Å². The Kier molecular flexibility index (Phi) is 9.61. The molecule has 2 aromatic rings. The Hall–Kier alpha value is -0.747. The van der Waals surface area contributed by atoms with Gasteiger partial charge in [-0.15, -0.1) is 0 Å². The Bertz CT molecular complexity index is 1280. The minimum Gasteiger partial charge on any atom is -1.00 e. The summed E-state index contributed by atoms with van der Waals surface area (Å²) in [5, 5.41) is 0. The molecule has 0 nitrogen and oxygen atoms in total. The molecule has 0 unspecified atom stereocenters. The molecule has 0 fully saturated rings. The van der Waals surface area contributed by atoms with E-state index in [1.165, 1.54) is 33.4 Å². The van der Waals surface area contributed by atoms with E-state index in [-0.39, 0.29) is 46.5 Å². The SMILES string of the molecule is [CH2]=[Zr+2]([c]1c2c(cc(C(C)(C)C)c1C(C)(C)C)-c1cc(C(C)(C)C)c(C(C)(C)C)cc1C2)[CH]1C=CC=C1.[Cl-].[Cl-]. The van der Waals surface area contributed by atoms with Crippen molar-refractivity contribution in [1.29, 1.82) is 0 Å². The molecule has 0 heterocycles. The number of hydrogen-bond acceptors (Lipinski definition) is 0. The first kappa shape index (κ1) is 33.5. The molecule has 4 rings (SSSR count). The number of rotatable bonds is 2. The summed E-state index contributed by atoms with van der Waals surface area (Å²) in [5.74, 6) is 0. The van der Waals surface area contributed by atoms with Gasteiger partial charge in [0.2, 0.25) is 0 Å². The van der Waals surface area contributed by atoms with E-state index >= 15 is 0 Å². The molecule has 3 heteroatoms. The normalized spacial score (nSPS) is 14.9. The van der Waals surface area contributed by atoms with Gasteiger partial charge in [0.15, 0.2) is 0 Å². The van der Waals surface area contributed by atoms with E-state index in [1.807, 2.05) is 0 Å². The van der Waals surface area contributed by atoms with Gasteiger partial charge in [0.05, 0.1) is 0 Å². The van der Waals surface area contributed by atoms with Crippen molar-refractivity contribution in [3.05, 3.63) is 75.9 Å². The molecule has 0 radical (unpaired) electrons. The van der Waals surface area contributed by atoms with Gasteiger partial charge >= 0.3 is 231 Å². The topological polar surface area (TPSA) is 0 Å². The van der Waals surface area contributed by atoms with Gasteiger partial charge in [0, 0.05) is 0 Å². The third-order valence-corrected chi connectivity index (χ3v) is 13.8. The zero-order chi connectivity index (χ0) is 27.0. The van der Waals surface area contributed by atoms with Crippen molar-refractivity contribution in [3.8, 4) is 11.1 Å². The first-order valence-corrected chi connectivity index (χ1v) is 18.1. The molecular weight excluding hydrogens is 583 g/mol. The van der Waals surface area contributed by atoms with Crippen LogP contribution in [-0.2, 0) is 49.3 Å². The molecule has 0 bridgehead atoms. The van der Waals surface area contributed by atoms with Crippen molar-refractivity contribution < 1.29 is 46.1 Å². The third kappa shape index (κ3) is 6.11. The molecule has 0 atom stereocenters. The third-order valence-electron chi connectivity index (χ3n) is 7.98. The fourth-order valence-electron chi connectivity index (χ4n) is 6.18. The van der Waals surface area contributed by atoms with E-state index in [0.717, 1.165) is 6.42 Å². The minimum atomic E-state index is -2.27. The molecule has 0 saturated heterocycles. The van der Waals surface area contributed by atoms with Gasteiger partial charge in [-0.2, -0.15) is 0 Å². The molecule has 0 saturated carbocycles. The van der Waals surface area contributed by atoms with Gasteiger partial charge in [0.1, 0.15) is 0 Å². The minimum absolute atomic E-state index is 0. The first-order valence-electron chi connectivity index (χ1n) is 13.7. The Morgan fingerprint density at radius 2 is 1.08 bits per heavy atom. The van der Waals surface area contributed by atoms with Crippen LogP contribution in [0.1, 0.15) is 116 Å². The second-order valence-electron chi connectivity index (χ2n) is 15.3. The van der Waals surface area contributed by atoms with E-state index in [1.54, 1.807) is 14.4 Å². The van der Waals surface area contributed by atoms with Crippen LogP contribution in [0.4, 0.5) is 0 Å². The van der Waals surface area contributed by atoms with Crippen LogP contribution < -0.4 is 28.1 Å². The molecule has 2 aliphatic carbocycles. The van der Waals surface area contributed by atoms with Gasteiger partial charge in [-0.05, 0) is 0 Å². The van der Waals surface area contributed by atoms with Crippen LogP contribution in [0.5, 0.6) is 0 Å². The van der Waals surface area contributed by atoms with Crippen molar-refractivity contribution in [2.24, 2.45) is 0 Å². The Morgan fingerprint density at radius 3 is 1.53 bits per heavy atom. The number of hydrogen-bond donors (Lipinski definition) is 0. The summed E-state index contributed by atoms with van der Waals surface area (Å²) in [7, 11) is 0. The maximum Gasteiger partial charge on any atom is -1.00 e. The van der Waals surface area contributed by atoms with E-state index in [2.05, 4.69) is 126 Å². The molecule has 0 aromatic heterocycles. The largest absolute Gasteiger partial charge is 1.00 e. The van der Waals surface area contributed by atoms with Crippen molar-refractivity contribution in [3.63, 3.8) is 0 Å². The van der Waals surface area contributed by atoms with Crippen molar-refractivity contribution >= 4 is 7.48 Å². The van der Waals surface area contributed by atoms with Crippen LogP contribution >= 0.6 is 0 Å². The van der Waals surface area contributed by atoms with Gasteiger partial charge in [-0.25, -0.2) is 0 Å². The summed E-state index contributed by atoms with van der Waals surface area (Å²) in [5.41, 5.74) is 12.6. The monoisotopic (exact) mass is 628 g/mol. The Balaban J connectivity index is 0.00000253. The zero-order valence-corrected chi connectivity index (χ0v) is 29.8. The summed E-state index contributed by atoms with van der Waals surface area (Å²) in [6.07, 6.45) is 10.4. The molecule has 0 spiro atoms. The average Bonchev–Trinajstić information content (AvgIpc) is 3.36. The molecule has 38 heavy (non-hydrogen) atoms. The number of halogens is 2. The van der Waals surface area contributed by atoms with Crippen LogP contribution in [0.3, 0.4) is 0 Å². The zero-order valence-electron chi connectivity index (χ0n) is 25.8. The van der Waals surface area contributed by atoms with Gasteiger partial charge < -0.3 is 24.8 Å². The number of fused-ring (bicyclic) bond motifs is 3. The van der Waals surface area contributed by atoms with Crippen molar-refractivity contribution in [1.82, 2.24) is 0 Å². The van der Waals surface area contributed by atoms with Crippen molar-refractivity contribution in [2.45, 2.75) is 115 Å². The summed E-state index contributed by atoms with van der Waals surface area (Å²) in [4.78, 5) is 0. The molecule has 0 aliphatic heterocycles.